The van der Waals surface area contributed by atoms with Gasteiger partial charge in [0.25, 0.3) is 5.91 Å². The van der Waals surface area contributed by atoms with Crippen molar-refractivity contribution in [1.82, 2.24) is 0 Å². The van der Waals surface area contributed by atoms with E-state index in [1.165, 1.54) is 5.56 Å². The predicted octanol–water partition coefficient (Wildman–Crippen LogP) is 4.39. The SMILES string of the molecule is Cc1cc(O[C@H](C)C(=O)N2c3ccccc3C[C@H]2C)ccc1Cl. The highest BCUT2D eigenvalue weighted by atomic mass is 35.5. The van der Waals surface area contributed by atoms with Gasteiger partial charge in [0.1, 0.15) is 5.75 Å². The van der Waals surface area contributed by atoms with Crippen LogP contribution in [-0.4, -0.2) is 18.1 Å². The third kappa shape index (κ3) is 3.06. The zero-order chi connectivity index (χ0) is 16.6. The van der Waals surface area contributed by atoms with Crippen LogP contribution in [0.1, 0.15) is 25.0 Å². The fraction of sp³-hybridized carbons (Fsp3) is 0.316. The highest BCUT2D eigenvalue weighted by Crippen LogP contribution is 2.32. The molecule has 0 aliphatic carbocycles. The van der Waals surface area contributed by atoms with E-state index in [1.54, 1.807) is 19.1 Å². The number of hydrogen-bond acceptors (Lipinski definition) is 2. The predicted molar refractivity (Wildman–Crippen MR) is 93.4 cm³/mol. The molecule has 0 spiro atoms. The molecule has 120 valence electrons. The van der Waals surface area contributed by atoms with Crippen LogP contribution in [0.15, 0.2) is 42.5 Å². The Balaban J connectivity index is 1.78. The Morgan fingerprint density at radius 2 is 2.04 bits per heavy atom. The van der Waals surface area contributed by atoms with Crippen molar-refractivity contribution >= 4 is 23.2 Å². The minimum Gasteiger partial charge on any atom is -0.481 e. The average molecular weight is 330 g/mol. The zero-order valence-corrected chi connectivity index (χ0v) is 14.3. The second kappa shape index (κ2) is 6.25. The summed E-state index contributed by atoms with van der Waals surface area (Å²) in [4.78, 5) is 14.7. The third-order valence-electron chi connectivity index (χ3n) is 4.23. The van der Waals surface area contributed by atoms with Crippen molar-refractivity contribution in [3.8, 4) is 5.75 Å². The molecule has 0 aromatic heterocycles. The van der Waals surface area contributed by atoms with Gasteiger partial charge in [-0.05, 0) is 62.6 Å². The summed E-state index contributed by atoms with van der Waals surface area (Å²) in [5.41, 5.74) is 3.14. The van der Waals surface area contributed by atoms with E-state index < -0.39 is 6.10 Å². The largest absolute Gasteiger partial charge is 0.481 e. The molecule has 1 aliphatic rings. The summed E-state index contributed by atoms with van der Waals surface area (Å²) in [6, 6.07) is 13.6. The molecule has 4 heteroatoms. The van der Waals surface area contributed by atoms with Crippen LogP contribution in [0.25, 0.3) is 0 Å². The van der Waals surface area contributed by atoms with Crippen molar-refractivity contribution in [2.75, 3.05) is 4.90 Å². The van der Waals surface area contributed by atoms with Gasteiger partial charge in [-0.1, -0.05) is 29.8 Å². The fourth-order valence-corrected chi connectivity index (χ4v) is 3.16. The number of anilines is 1. The van der Waals surface area contributed by atoms with E-state index in [0.29, 0.717) is 10.8 Å². The maximum Gasteiger partial charge on any atom is 0.268 e. The molecule has 0 N–H and O–H groups in total. The second-order valence-corrected chi connectivity index (χ2v) is 6.47. The number of para-hydroxylation sites is 1. The Labute approximate surface area is 141 Å². The molecule has 1 heterocycles. The number of amides is 1. The van der Waals surface area contributed by atoms with Crippen molar-refractivity contribution in [1.29, 1.82) is 0 Å². The minimum absolute atomic E-state index is 0.0185. The maximum atomic E-state index is 12.8. The van der Waals surface area contributed by atoms with Crippen LogP contribution in [0.5, 0.6) is 5.75 Å². The molecule has 0 radical (unpaired) electrons. The summed E-state index contributed by atoms with van der Waals surface area (Å²) >= 11 is 6.03. The normalized spacial score (nSPS) is 17.7. The monoisotopic (exact) mass is 329 g/mol. The maximum absolute atomic E-state index is 12.8. The van der Waals surface area contributed by atoms with Crippen LogP contribution in [-0.2, 0) is 11.2 Å². The van der Waals surface area contributed by atoms with Crippen molar-refractivity contribution in [3.63, 3.8) is 0 Å². The van der Waals surface area contributed by atoms with Crippen LogP contribution in [0, 0.1) is 6.92 Å². The lowest BCUT2D eigenvalue weighted by Crippen LogP contribution is -2.43. The van der Waals surface area contributed by atoms with Gasteiger partial charge >= 0.3 is 0 Å². The average Bonchev–Trinajstić information content (AvgIpc) is 2.86. The summed E-state index contributed by atoms with van der Waals surface area (Å²) < 4.78 is 5.84. The summed E-state index contributed by atoms with van der Waals surface area (Å²) in [6.07, 6.45) is 0.332. The van der Waals surface area contributed by atoms with E-state index in [9.17, 15) is 4.79 Å². The van der Waals surface area contributed by atoms with Gasteiger partial charge in [0.15, 0.2) is 6.10 Å². The van der Waals surface area contributed by atoms with Gasteiger partial charge in [0.05, 0.1) is 0 Å². The lowest BCUT2D eigenvalue weighted by molar-refractivity contribution is -0.124. The number of ether oxygens (including phenoxy) is 1. The number of carbonyl (C=O) groups is 1. The summed E-state index contributed by atoms with van der Waals surface area (Å²) in [7, 11) is 0. The first-order valence-corrected chi connectivity index (χ1v) is 8.19. The van der Waals surface area contributed by atoms with E-state index in [0.717, 1.165) is 17.7 Å². The van der Waals surface area contributed by atoms with Crippen LogP contribution < -0.4 is 9.64 Å². The molecule has 0 saturated heterocycles. The minimum atomic E-state index is -0.552. The number of nitrogens with zero attached hydrogens (tertiary/aromatic N) is 1. The summed E-state index contributed by atoms with van der Waals surface area (Å²) in [6.45, 7) is 5.78. The topological polar surface area (TPSA) is 29.5 Å². The van der Waals surface area contributed by atoms with Crippen molar-refractivity contribution in [3.05, 3.63) is 58.6 Å². The van der Waals surface area contributed by atoms with Gasteiger partial charge in [-0.3, -0.25) is 4.79 Å². The number of halogens is 1. The van der Waals surface area contributed by atoms with Crippen molar-refractivity contribution in [2.45, 2.75) is 39.3 Å². The molecule has 0 saturated carbocycles. The van der Waals surface area contributed by atoms with Gasteiger partial charge in [-0.25, -0.2) is 0 Å². The third-order valence-corrected chi connectivity index (χ3v) is 4.66. The molecule has 1 amide bonds. The van der Waals surface area contributed by atoms with Gasteiger partial charge < -0.3 is 9.64 Å². The van der Waals surface area contributed by atoms with E-state index in [4.69, 9.17) is 16.3 Å². The zero-order valence-electron chi connectivity index (χ0n) is 13.5. The molecule has 3 nitrogen and oxygen atoms in total. The summed E-state index contributed by atoms with van der Waals surface area (Å²) in [5.74, 6) is 0.642. The number of rotatable bonds is 3. The molecular weight excluding hydrogens is 310 g/mol. The molecule has 2 aromatic rings. The number of benzene rings is 2. The highest BCUT2D eigenvalue weighted by molar-refractivity contribution is 6.31. The molecule has 0 fully saturated rings. The lowest BCUT2D eigenvalue weighted by atomic mass is 10.1. The molecular formula is C19H20ClNO2. The van der Waals surface area contributed by atoms with E-state index in [-0.39, 0.29) is 11.9 Å². The smallest absolute Gasteiger partial charge is 0.268 e. The van der Waals surface area contributed by atoms with Gasteiger partial charge in [-0.2, -0.15) is 0 Å². The van der Waals surface area contributed by atoms with Crippen LogP contribution in [0.4, 0.5) is 5.69 Å². The number of hydrogen-bond donors (Lipinski definition) is 0. The van der Waals surface area contributed by atoms with E-state index in [2.05, 4.69) is 13.0 Å². The Morgan fingerprint density at radius 1 is 1.30 bits per heavy atom. The van der Waals surface area contributed by atoms with Crippen LogP contribution in [0.3, 0.4) is 0 Å². The molecule has 2 atom stereocenters. The van der Waals surface area contributed by atoms with Gasteiger partial charge in [0.2, 0.25) is 0 Å². The molecule has 1 aliphatic heterocycles. The molecule has 0 unspecified atom stereocenters. The highest BCUT2D eigenvalue weighted by Gasteiger charge is 2.33. The van der Waals surface area contributed by atoms with Gasteiger partial charge in [0, 0.05) is 16.8 Å². The molecule has 2 aromatic carbocycles. The Kier molecular flexibility index (Phi) is 4.31. The first-order valence-electron chi connectivity index (χ1n) is 7.81. The molecule has 23 heavy (non-hydrogen) atoms. The first-order chi connectivity index (χ1) is 11.0. The molecule has 3 rings (SSSR count). The lowest BCUT2D eigenvalue weighted by Gasteiger charge is -2.26. The quantitative estimate of drug-likeness (QED) is 0.835. The second-order valence-electron chi connectivity index (χ2n) is 6.06. The fourth-order valence-electron chi connectivity index (χ4n) is 3.04. The number of carbonyl (C=O) groups excluding carboxylic acids is 1. The van der Waals surface area contributed by atoms with Crippen LogP contribution in [0.2, 0.25) is 5.02 Å². The standard InChI is InChI=1S/C19H20ClNO2/c1-12-10-16(8-9-17(12)20)23-14(3)19(22)21-13(2)11-15-6-4-5-7-18(15)21/h4-10,13-14H,11H2,1-3H3/t13-,14-/m1/s1. The van der Waals surface area contributed by atoms with E-state index >= 15 is 0 Å². The Morgan fingerprint density at radius 3 is 2.78 bits per heavy atom. The van der Waals surface area contributed by atoms with E-state index in [1.807, 2.05) is 36.1 Å². The Hall–Kier alpha value is -2.00. The first kappa shape index (κ1) is 15.9. The van der Waals surface area contributed by atoms with Crippen LogP contribution >= 0.6 is 11.6 Å². The summed E-state index contributed by atoms with van der Waals surface area (Å²) in [5, 5.41) is 0.693. The number of fused-ring (bicyclic) bond motifs is 1. The van der Waals surface area contributed by atoms with Crippen molar-refractivity contribution in [2.24, 2.45) is 0 Å². The Bertz CT molecular complexity index is 744. The molecule has 0 bridgehead atoms. The number of aryl methyl sites for hydroxylation is 1. The van der Waals surface area contributed by atoms with Gasteiger partial charge in [-0.15, -0.1) is 0 Å². The van der Waals surface area contributed by atoms with Crippen molar-refractivity contribution < 1.29 is 9.53 Å².